The molecule has 5 heteroatoms. The maximum atomic E-state index is 13.6. The zero-order valence-corrected chi connectivity index (χ0v) is 17.4. The number of rotatable bonds is 4. The summed E-state index contributed by atoms with van der Waals surface area (Å²) in [7, 11) is 0. The fraction of sp³-hybridized carbons (Fsp3) is 0.115. The van der Waals surface area contributed by atoms with Gasteiger partial charge in [-0.25, -0.2) is 9.97 Å². The highest BCUT2D eigenvalue weighted by atomic mass is 16.1. The monoisotopic (exact) mass is 406 g/mol. The van der Waals surface area contributed by atoms with Gasteiger partial charge in [0.1, 0.15) is 12.1 Å². The van der Waals surface area contributed by atoms with Gasteiger partial charge in [0.05, 0.1) is 16.9 Å². The molecule has 0 aliphatic heterocycles. The average molecular weight is 406 g/mol. The van der Waals surface area contributed by atoms with Crippen molar-refractivity contribution in [1.29, 1.82) is 0 Å². The first-order chi connectivity index (χ1) is 15.1. The molecule has 0 aliphatic carbocycles. The number of hydrogen-bond donors (Lipinski definition) is 1. The molecule has 152 valence electrons. The first-order valence-corrected chi connectivity index (χ1v) is 10.3. The SMILES string of the molecule is Cc1cccc2cc([C@H](C)Nc3ncnc4ccccc34)n(-c3ccccc3)c(=O)c12. The first kappa shape index (κ1) is 19.0. The zero-order valence-electron chi connectivity index (χ0n) is 17.4. The average Bonchev–Trinajstić information content (AvgIpc) is 2.79. The normalized spacial score (nSPS) is 12.2. The summed E-state index contributed by atoms with van der Waals surface area (Å²) in [5.74, 6) is 0.745. The van der Waals surface area contributed by atoms with E-state index in [-0.39, 0.29) is 11.6 Å². The third-order valence-electron chi connectivity index (χ3n) is 5.64. The lowest BCUT2D eigenvalue weighted by molar-refractivity contribution is 0.774. The molecular formula is C26H22N4O. The Hall–Kier alpha value is -3.99. The van der Waals surface area contributed by atoms with Crippen molar-refractivity contribution >= 4 is 27.5 Å². The number of hydrogen-bond acceptors (Lipinski definition) is 4. The Morgan fingerprint density at radius 1 is 0.903 bits per heavy atom. The minimum Gasteiger partial charge on any atom is -0.361 e. The number of anilines is 1. The predicted molar refractivity (Wildman–Crippen MR) is 126 cm³/mol. The molecule has 2 heterocycles. The van der Waals surface area contributed by atoms with Crippen molar-refractivity contribution < 1.29 is 0 Å². The van der Waals surface area contributed by atoms with Crippen LogP contribution < -0.4 is 10.9 Å². The van der Waals surface area contributed by atoms with E-state index in [1.165, 1.54) is 0 Å². The van der Waals surface area contributed by atoms with Crippen LogP contribution in [0.4, 0.5) is 5.82 Å². The number of para-hydroxylation sites is 2. The van der Waals surface area contributed by atoms with Crippen molar-refractivity contribution in [2.24, 2.45) is 0 Å². The number of pyridine rings is 1. The number of fused-ring (bicyclic) bond motifs is 2. The van der Waals surface area contributed by atoms with Crippen molar-refractivity contribution in [2.45, 2.75) is 19.9 Å². The molecule has 0 radical (unpaired) electrons. The fourth-order valence-electron chi connectivity index (χ4n) is 4.12. The van der Waals surface area contributed by atoms with Gasteiger partial charge in [-0.2, -0.15) is 0 Å². The van der Waals surface area contributed by atoms with E-state index in [1.807, 2.05) is 86.6 Å². The van der Waals surface area contributed by atoms with Crippen molar-refractivity contribution in [3.63, 3.8) is 0 Å². The van der Waals surface area contributed by atoms with Crippen LogP contribution in [0, 0.1) is 6.92 Å². The second-order valence-corrected chi connectivity index (χ2v) is 7.69. The van der Waals surface area contributed by atoms with Crippen LogP contribution in [0.15, 0.2) is 90.0 Å². The lowest BCUT2D eigenvalue weighted by Crippen LogP contribution is -2.26. The molecular weight excluding hydrogens is 384 g/mol. The smallest absolute Gasteiger partial charge is 0.263 e. The number of nitrogens with one attached hydrogen (secondary N) is 1. The molecule has 0 bridgehead atoms. The van der Waals surface area contributed by atoms with Gasteiger partial charge >= 0.3 is 0 Å². The van der Waals surface area contributed by atoms with Crippen molar-refractivity contribution in [1.82, 2.24) is 14.5 Å². The Kier molecular flexibility index (Phi) is 4.71. The third kappa shape index (κ3) is 3.34. The van der Waals surface area contributed by atoms with Crippen molar-refractivity contribution in [2.75, 3.05) is 5.32 Å². The molecule has 0 fully saturated rings. The zero-order chi connectivity index (χ0) is 21.4. The molecule has 0 unspecified atom stereocenters. The molecule has 0 saturated heterocycles. The van der Waals surface area contributed by atoms with Crippen molar-refractivity contribution in [3.8, 4) is 5.69 Å². The quantitative estimate of drug-likeness (QED) is 0.433. The summed E-state index contributed by atoms with van der Waals surface area (Å²) in [6.07, 6.45) is 1.56. The summed E-state index contributed by atoms with van der Waals surface area (Å²) in [4.78, 5) is 22.5. The summed E-state index contributed by atoms with van der Waals surface area (Å²) < 4.78 is 1.80. The van der Waals surface area contributed by atoms with E-state index in [1.54, 1.807) is 10.9 Å². The Balaban J connectivity index is 1.71. The molecule has 5 rings (SSSR count). The van der Waals surface area contributed by atoms with Gasteiger partial charge in [0.15, 0.2) is 0 Å². The summed E-state index contributed by atoms with van der Waals surface area (Å²) in [6.45, 7) is 4.03. The van der Waals surface area contributed by atoms with Gasteiger partial charge in [-0.3, -0.25) is 9.36 Å². The van der Waals surface area contributed by atoms with Crippen LogP contribution in [-0.2, 0) is 0 Å². The Morgan fingerprint density at radius 2 is 1.68 bits per heavy atom. The van der Waals surface area contributed by atoms with E-state index < -0.39 is 0 Å². The standard InChI is InChI=1S/C26H22N4O/c1-17-9-8-10-19-15-23(30(26(31)24(17)19)20-11-4-3-5-12-20)18(2)29-25-21-13-6-7-14-22(21)27-16-28-25/h3-16,18H,1-2H3,(H,27,28,29)/t18-/m0/s1. The highest BCUT2D eigenvalue weighted by Crippen LogP contribution is 2.27. The van der Waals surface area contributed by atoms with Gasteiger partial charge < -0.3 is 5.32 Å². The molecule has 31 heavy (non-hydrogen) atoms. The van der Waals surface area contributed by atoms with E-state index >= 15 is 0 Å². The number of benzene rings is 3. The minimum atomic E-state index is -0.170. The molecule has 5 aromatic rings. The Bertz CT molecular complexity index is 1450. The van der Waals surface area contributed by atoms with Crippen LogP contribution in [-0.4, -0.2) is 14.5 Å². The van der Waals surface area contributed by atoms with E-state index in [0.717, 1.165) is 44.4 Å². The van der Waals surface area contributed by atoms with Gasteiger partial charge in [-0.05, 0) is 55.1 Å². The van der Waals surface area contributed by atoms with Gasteiger partial charge in [-0.1, -0.05) is 48.5 Å². The van der Waals surface area contributed by atoms with Gasteiger partial charge in [0, 0.05) is 16.8 Å². The summed E-state index contributed by atoms with van der Waals surface area (Å²) >= 11 is 0. The maximum absolute atomic E-state index is 13.6. The number of aryl methyl sites for hydroxylation is 1. The molecule has 2 aromatic heterocycles. The summed E-state index contributed by atoms with van der Waals surface area (Å²) in [6, 6.07) is 25.6. The number of nitrogens with zero attached hydrogens (tertiary/aromatic N) is 3. The molecule has 3 aromatic carbocycles. The van der Waals surface area contributed by atoms with E-state index in [4.69, 9.17) is 0 Å². The first-order valence-electron chi connectivity index (χ1n) is 10.3. The second-order valence-electron chi connectivity index (χ2n) is 7.69. The van der Waals surface area contributed by atoms with Gasteiger partial charge in [-0.15, -0.1) is 0 Å². The lowest BCUT2D eigenvalue weighted by atomic mass is 10.0. The minimum absolute atomic E-state index is 0.0157. The maximum Gasteiger partial charge on any atom is 0.263 e. The third-order valence-corrected chi connectivity index (χ3v) is 5.64. The Morgan fingerprint density at radius 3 is 2.52 bits per heavy atom. The lowest BCUT2D eigenvalue weighted by Gasteiger charge is -2.22. The summed E-state index contributed by atoms with van der Waals surface area (Å²) in [5.41, 5.74) is 3.55. The van der Waals surface area contributed by atoms with Crippen LogP contribution in [0.1, 0.15) is 24.2 Å². The second kappa shape index (κ2) is 7.69. The summed E-state index contributed by atoms with van der Waals surface area (Å²) in [5, 5.41) is 6.14. The molecule has 0 spiro atoms. The van der Waals surface area contributed by atoms with Gasteiger partial charge in [0.25, 0.3) is 5.56 Å². The topological polar surface area (TPSA) is 59.8 Å². The highest BCUT2D eigenvalue weighted by molar-refractivity contribution is 5.89. The van der Waals surface area contributed by atoms with Crippen LogP contribution in [0.5, 0.6) is 0 Å². The van der Waals surface area contributed by atoms with Crippen molar-refractivity contribution in [3.05, 3.63) is 107 Å². The Labute approximate surface area is 180 Å². The molecule has 0 saturated carbocycles. The molecule has 0 amide bonds. The van der Waals surface area contributed by atoms with E-state index in [2.05, 4.69) is 21.4 Å². The predicted octanol–water partition coefficient (Wildman–Crippen LogP) is 5.42. The number of aromatic nitrogens is 3. The van der Waals surface area contributed by atoms with E-state index in [0.29, 0.717) is 0 Å². The van der Waals surface area contributed by atoms with E-state index in [9.17, 15) is 4.79 Å². The largest absolute Gasteiger partial charge is 0.361 e. The van der Waals surface area contributed by atoms with Crippen LogP contribution in [0.3, 0.4) is 0 Å². The van der Waals surface area contributed by atoms with Crippen LogP contribution >= 0.6 is 0 Å². The fourth-order valence-corrected chi connectivity index (χ4v) is 4.12. The molecule has 1 N–H and O–H groups in total. The van der Waals surface area contributed by atoms with Crippen LogP contribution in [0.2, 0.25) is 0 Å². The molecule has 5 nitrogen and oxygen atoms in total. The van der Waals surface area contributed by atoms with Gasteiger partial charge in [0.2, 0.25) is 0 Å². The molecule has 1 atom stereocenters. The highest BCUT2D eigenvalue weighted by Gasteiger charge is 2.18. The molecule has 0 aliphatic rings. The van der Waals surface area contributed by atoms with Crippen LogP contribution in [0.25, 0.3) is 27.4 Å².